The molecule has 28 heavy (non-hydrogen) atoms. The van der Waals surface area contributed by atoms with Crippen LogP contribution in [0.3, 0.4) is 0 Å². The molecule has 0 saturated heterocycles. The third kappa shape index (κ3) is 3.55. The average Bonchev–Trinajstić information content (AvgIpc) is 2.95. The van der Waals surface area contributed by atoms with E-state index in [-0.39, 0.29) is 5.60 Å². The highest BCUT2D eigenvalue weighted by Crippen LogP contribution is 2.35. The summed E-state index contributed by atoms with van der Waals surface area (Å²) in [5, 5.41) is 20.6. The first-order valence-corrected chi connectivity index (χ1v) is 9.54. The van der Waals surface area contributed by atoms with Crippen molar-refractivity contribution in [2.24, 2.45) is 0 Å². The second kappa shape index (κ2) is 6.95. The summed E-state index contributed by atoms with van der Waals surface area (Å²) >= 11 is 0. The summed E-state index contributed by atoms with van der Waals surface area (Å²) in [4.78, 5) is 15.3. The molecule has 0 aliphatic carbocycles. The second-order valence-electron chi connectivity index (χ2n) is 8.25. The fraction of sp³-hybridized carbons (Fsp3) is 0.550. The standard InChI is InChI=1S/C20H26N4O4/c1-11(25)7-24(8-12(2)26)18-17-16(21-10-22-18)14-5-13-9-27-20(3,4)6-15(13)23-19(14)28-17/h5,10-12,25-26H,6-9H2,1-4H3/t11-,12-/m1/s1. The van der Waals surface area contributed by atoms with Gasteiger partial charge in [0.05, 0.1) is 35.5 Å². The first-order chi connectivity index (χ1) is 13.2. The van der Waals surface area contributed by atoms with Crippen LogP contribution < -0.4 is 4.90 Å². The normalized spacial score (nSPS) is 18.2. The molecule has 0 amide bonds. The first-order valence-electron chi connectivity index (χ1n) is 9.54. The van der Waals surface area contributed by atoms with E-state index in [1.165, 1.54) is 6.33 Å². The van der Waals surface area contributed by atoms with Gasteiger partial charge in [-0.1, -0.05) is 0 Å². The van der Waals surface area contributed by atoms with Crippen molar-refractivity contribution in [2.45, 2.75) is 58.5 Å². The van der Waals surface area contributed by atoms with Crippen molar-refractivity contribution in [3.8, 4) is 0 Å². The Balaban J connectivity index is 1.85. The number of hydrogen-bond donors (Lipinski definition) is 2. The Bertz CT molecular complexity index is 1000. The van der Waals surface area contributed by atoms with E-state index >= 15 is 0 Å². The Morgan fingerprint density at radius 1 is 1.18 bits per heavy atom. The molecular formula is C20H26N4O4. The smallest absolute Gasteiger partial charge is 0.229 e. The lowest BCUT2D eigenvalue weighted by Gasteiger charge is -2.30. The van der Waals surface area contributed by atoms with Gasteiger partial charge in [-0.05, 0) is 33.8 Å². The van der Waals surface area contributed by atoms with E-state index in [0.717, 1.165) is 16.6 Å². The zero-order valence-corrected chi connectivity index (χ0v) is 16.6. The third-order valence-electron chi connectivity index (χ3n) is 4.88. The molecule has 0 spiro atoms. The van der Waals surface area contributed by atoms with Crippen LogP contribution >= 0.6 is 0 Å². The number of nitrogens with zero attached hydrogens (tertiary/aromatic N) is 4. The van der Waals surface area contributed by atoms with Crippen molar-refractivity contribution >= 4 is 28.0 Å². The molecule has 3 aromatic heterocycles. The maximum atomic E-state index is 9.88. The molecule has 1 aliphatic rings. The number of pyridine rings is 1. The molecule has 0 radical (unpaired) electrons. The molecule has 2 atom stereocenters. The predicted octanol–water partition coefficient (Wildman–Crippen LogP) is 2.19. The molecule has 1 aliphatic heterocycles. The maximum absolute atomic E-state index is 9.88. The summed E-state index contributed by atoms with van der Waals surface area (Å²) < 4.78 is 12.0. The van der Waals surface area contributed by atoms with Crippen molar-refractivity contribution in [2.75, 3.05) is 18.0 Å². The number of hydrogen-bond acceptors (Lipinski definition) is 8. The van der Waals surface area contributed by atoms with Crippen LogP contribution in [-0.2, 0) is 17.8 Å². The van der Waals surface area contributed by atoms with Crippen LogP contribution in [0.2, 0.25) is 0 Å². The molecule has 8 nitrogen and oxygen atoms in total. The third-order valence-corrected chi connectivity index (χ3v) is 4.88. The van der Waals surface area contributed by atoms with E-state index < -0.39 is 12.2 Å². The second-order valence-corrected chi connectivity index (χ2v) is 8.25. The Hall–Kier alpha value is -2.29. The lowest BCUT2D eigenvalue weighted by Crippen LogP contribution is -2.37. The lowest BCUT2D eigenvalue weighted by molar-refractivity contribution is -0.0411. The van der Waals surface area contributed by atoms with Crippen LogP contribution in [-0.4, -0.2) is 56.1 Å². The quantitative estimate of drug-likeness (QED) is 0.688. The van der Waals surface area contributed by atoms with Gasteiger partial charge in [0.25, 0.3) is 0 Å². The average molecular weight is 386 g/mol. The monoisotopic (exact) mass is 386 g/mol. The highest BCUT2D eigenvalue weighted by Gasteiger charge is 2.29. The van der Waals surface area contributed by atoms with Crippen molar-refractivity contribution < 1.29 is 19.4 Å². The number of aliphatic hydroxyl groups is 2. The molecule has 0 saturated carbocycles. The van der Waals surface area contributed by atoms with Gasteiger partial charge >= 0.3 is 0 Å². The first kappa shape index (κ1) is 19.0. The van der Waals surface area contributed by atoms with Crippen LogP contribution in [0.1, 0.15) is 39.0 Å². The molecule has 0 unspecified atom stereocenters. The fourth-order valence-corrected chi connectivity index (χ4v) is 3.68. The number of furan rings is 1. The van der Waals surface area contributed by atoms with Gasteiger partial charge < -0.3 is 24.3 Å². The van der Waals surface area contributed by atoms with Gasteiger partial charge in [0, 0.05) is 25.1 Å². The van der Waals surface area contributed by atoms with Gasteiger partial charge in [-0.2, -0.15) is 0 Å². The fourth-order valence-electron chi connectivity index (χ4n) is 3.68. The van der Waals surface area contributed by atoms with E-state index in [1.807, 2.05) is 24.8 Å². The Labute approximate surface area is 163 Å². The maximum Gasteiger partial charge on any atom is 0.229 e. The van der Waals surface area contributed by atoms with Gasteiger partial charge in [0.1, 0.15) is 11.8 Å². The summed E-state index contributed by atoms with van der Waals surface area (Å²) in [6.07, 6.45) is 1.02. The Morgan fingerprint density at radius 3 is 2.57 bits per heavy atom. The van der Waals surface area contributed by atoms with Crippen molar-refractivity contribution in [3.63, 3.8) is 0 Å². The molecular weight excluding hydrogens is 360 g/mol. The van der Waals surface area contributed by atoms with Crippen LogP contribution in [0.4, 0.5) is 5.82 Å². The molecule has 8 heteroatoms. The number of aliphatic hydroxyl groups excluding tert-OH is 2. The van der Waals surface area contributed by atoms with Crippen LogP contribution in [0.5, 0.6) is 0 Å². The minimum Gasteiger partial charge on any atom is -0.432 e. The van der Waals surface area contributed by atoms with Gasteiger partial charge in [-0.3, -0.25) is 0 Å². The molecule has 150 valence electrons. The van der Waals surface area contributed by atoms with Crippen LogP contribution in [0.15, 0.2) is 16.8 Å². The summed E-state index contributed by atoms with van der Waals surface area (Å²) in [7, 11) is 0. The van der Waals surface area contributed by atoms with Crippen molar-refractivity contribution in [1.82, 2.24) is 15.0 Å². The summed E-state index contributed by atoms with van der Waals surface area (Å²) in [6, 6.07) is 2.03. The Kier molecular flexibility index (Phi) is 4.73. The largest absolute Gasteiger partial charge is 0.432 e. The Morgan fingerprint density at radius 2 is 1.89 bits per heavy atom. The van der Waals surface area contributed by atoms with Crippen molar-refractivity contribution in [1.29, 1.82) is 0 Å². The number of fused-ring (bicyclic) bond motifs is 4. The number of aromatic nitrogens is 3. The number of ether oxygens (including phenoxy) is 1. The van der Waals surface area contributed by atoms with E-state index in [2.05, 4.69) is 9.97 Å². The highest BCUT2D eigenvalue weighted by molar-refractivity contribution is 6.04. The molecule has 3 aromatic rings. The molecule has 0 aromatic carbocycles. The van der Waals surface area contributed by atoms with E-state index in [0.29, 0.717) is 48.7 Å². The van der Waals surface area contributed by atoms with E-state index in [9.17, 15) is 10.2 Å². The molecule has 0 bridgehead atoms. The highest BCUT2D eigenvalue weighted by atomic mass is 16.5. The van der Waals surface area contributed by atoms with E-state index in [1.54, 1.807) is 13.8 Å². The molecule has 0 fully saturated rings. The minimum absolute atomic E-state index is 0.254. The zero-order valence-electron chi connectivity index (χ0n) is 16.6. The molecule has 2 N–H and O–H groups in total. The summed E-state index contributed by atoms with van der Waals surface area (Å²) in [5.41, 5.74) is 3.45. The lowest BCUT2D eigenvalue weighted by atomic mass is 9.95. The van der Waals surface area contributed by atoms with Crippen molar-refractivity contribution in [3.05, 3.63) is 23.7 Å². The van der Waals surface area contributed by atoms with Gasteiger partial charge in [-0.25, -0.2) is 15.0 Å². The number of anilines is 1. The van der Waals surface area contributed by atoms with Gasteiger partial charge in [0.2, 0.25) is 5.71 Å². The SMILES string of the molecule is C[C@@H](O)CN(C[C@@H](C)O)c1ncnc2c1oc1nc3c(cc12)COC(C)(C)C3. The molecule has 4 rings (SSSR count). The van der Waals surface area contributed by atoms with Gasteiger partial charge in [-0.15, -0.1) is 0 Å². The summed E-state index contributed by atoms with van der Waals surface area (Å²) in [6.45, 7) is 8.64. The molecule has 4 heterocycles. The summed E-state index contributed by atoms with van der Waals surface area (Å²) in [5.74, 6) is 0.541. The van der Waals surface area contributed by atoms with Crippen LogP contribution in [0, 0.1) is 0 Å². The minimum atomic E-state index is -0.585. The predicted molar refractivity (Wildman–Crippen MR) is 105 cm³/mol. The van der Waals surface area contributed by atoms with Crippen LogP contribution in [0.25, 0.3) is 22.2 Å². The van der Waals surface area contributed by atoms with E-state index in [4.69, 9.17) is 14.1 Å². The zero-order chi connectivity index (χ0) is 20.1. The number of rotatable bonds is 5. The topological polar surface area (TPSA) is 105 Å². The van der Waals surface area contributed by atoms with Gasteiger partial charge in [0.15, 0.2) is 11.4 Å².